The highest BCUT2D eigenvalue weighted by atomic mass is 16.5. The van der Waals surface area contributed by atoms with Crippen LogP contribution in [0.3, 0.4) is 0 Å². The minimum Gasteiger partial charge on any atom is -0.462 e. The van der Waals surface area contributed by atoms with E-state index in [1.165, 1.54) is 13.3 Å². The lowest BCUT2D eigenvalue weighted by Crippen LogP contribution is -2.19. The number of Topliss-reactive ketones (excluding diaryl/α,β-unsaturated/α-hetero) is 1. The topological polar surface area (TPSA) is 43.4 Å². The van der Waals surface area contributed by atoms with E-state index >= 15 is 0 Å². The number of esters is 1. The molecular weight excluding hydrogens is 192 g/mol. The Morgan fingerprint density at radius 1 is 1.20 bits per heavy atom. The van der Waals surface area contributed by atoms with E-state index in [-0.39, 0.29) is 24.3 Å². The predicted octanol–water partition coefficient (Wildman–Crippen LogP) is 2.87. The van der Waals surface area contributed by atoms with E-state index in [0.717, 1.165) is 25.7 Å². The van der Waals surface area contributed by atoms with Gasteiger partial charge in [0.05, 0.1) is 0 Å². The number of carbonyl (C=O) groups is 2. The molecule has 88 valence electrons. The van der Waals surface area contributed by atoms with Crippen LogP contribution >= 0.6 is 0 Å². The molecule has 3 nitrogen and oxygen atoms in total. The summed E-state index contributed by atoms with van der Waals surface area (Å²) >= 11 is 0. The van der Waals surface area contributed by atoms with E-state index < -0.39 is 0 Å². The molecule has 1 unspecified atom stereocenters. The third-order valence-corrected chi connectivity index (χ3v) is 2.28. The molecule has 0 spiro atoms. The first-order valence-electron chi connectivity index (χ1n) is 5.79. The molecule has 0 heterocycles. The van der Waals surface area contributed by atoms with Gasteiger partial charge in [-0.1, -0.05) is 26.7 Å². The summed E-state index contributed by atoms with van der Waals surface area (Å²) in [7, 11) is 0. The first kappa shape index (κ1) is 14.1. The number of hydrogen-bond donors (Lipinski definition) is 0. The maximum absolute atomic E-state index is 11.2. The summed E-state index contributed by atoms with van der Waals surface area (Å²) in [5, 5.41) is 0. The third kappa shape index (κ3) is 8.16. The molecule has 0 bridgehead atoms. The standard InChI is InChI=1S/C12H22O3/c1-4-6-7-8-11(5-2)15-12(14)9-10(3)13/h11H,4-9H2,1-3H3. The van der Waals surface area contributed by atoms with Gasteiger partial charge in [-0.05, 0) is 26.2 Å². The Hall–Kier alpha value is -0.860. The number of carbonyl (C=O) groups excluding carboxylic acids is 2. The van der Waals surface area contributed by atoms with Crippen LogP contribution in [0.5, 0.6) is 0 Å². The van der Waals surface area contributed by atoms with E-state index in [9.17, 15) is 9.59 Å². The molecule has 0 amide bonds. The van der Waals surface area contributed by atoms with E-state index in [4.69, 9.17) is 4.74 Å². The first-order valence-corrected chi connectivity index (χ1v) is 5.79. The molecule has 0 aliphatic heterocycles. The van der Waals surface area contributed by atoms with Crippen molar-refractivity contribution in [2.45, 2.75) is 65.4 Å². The van der Waals surface area contributed by atoms with Crippen LogP contribution in [0.25, 0.3) is 0 Å². The van der Waals surface area contributed by atoms with Gasteiger partial charge >= 0.3 is 5.97 Å². The average Bonchev–Trinajstić information content (AvgIpc) is 2.15. The predicted molar refractivity (Wildman–Crippen MR) is 59.6 cm³/mol. The number of unbranched alkanes of at least 4 members (excludes halogenated alkanes) is 2. The third-order valence-electron chi connectivity index (χ3n) is 2.28. The molecule has 3 heteroatoms. The fraction of sp³-hybridized carbons (Fsp3) is 0.833. The molecule has 1 atom stereocenters. The molecule has 0 N–H and O–H groups in total. The van der Waals surface area contributed by atoms with Gasteiger partial charge in [0, 0.05) is 0 Å². The van der Waals surface area contributed by atoms with Crippen LogP contribution in [-0.4, -0.2) is 17.9 Å². The fourth-order valence-corrected chi connectivity index (χ4v) is 1.40. The maximum atomic E-state index is 11.2. The zero-order valence-electron chi connectivity index (χ0n) is 10.0. The SMILES string of the molecule is CCCCCC(CC)OC(=O)CC(C)=O. The van der Waals surface area contributed by atoms with Crippen LogP contribution < -0.4 is 0 Å². The Bertz CT molecular complexity index is 199. The van der Waals surface area contributed by atoms with E-state index in [1.54, 1.807) is 0 Å². The van der Waals surface area contributed by atoms with Crippen LogP contribution in [0.1, 0.15) is 59.3 Å². The number of rotatable bonds is 8. The van der Waals surface area contributed by atoms with Crippen molar-refractivity contribution in [3.05, 3.63) is 0 Å². The Balaban J connectivity index is 3.77. The van der Waals surface area contributed by atoms with Crippen LogP contribution in [0.2, 0.25) is 0 Å². The van der Waals surface area contributed by atoms with Gasteiger partial charge < -0.3 is 4.74 Å². The Morgan fingerprint density at radius 2 is 1.87 bits per heavy atom. The lowest BCUT2D eigenvalue weighted by atomic mass is 10.1. The normalized spacial score (nSPS) is 12.2. The van der Waals surface area contributed by atoms with Gasteiger partial charge in [0.15, 0.2) is 0 Å². The minimum absolute atomic E-state index is 0.0107. The molecule has 0 fully saturated rings. The maximum Gasteiger partial charge on any atom is 0.313 e. The highest BCUT2D eigenvalue weighted by molar-refractivity contribution is 5.94. The van der Waals surface area contributed by atoms with Crippen LogP contribution in [-0.2, 0) is 14.3 Å². The summed E-state index contributed by atoms with van der Waals surface area (Å²) in [4.78, 5) is 21.9. The van der Waals surface area contributed by atoms with Crippen LogP contribution in [0.4, 0.5) is 0 Å². The Kier molecular flexibility index (Phi) is 7.96. The molecule has 0 saturated carbocycles. The summed E-state index contributed by atoms with van der Waals surface area (Å²) in [6.45, 7) is 5.54. The monoisotopic (exact) mass is 214 g/mol. The van der Waals surface area contributed by atoms with Gasteiger partial charge in [-0.15, -0.1) is 0 Å². The Labute approximate surface area is 92.2 Å². The van der Waals surface area contributed by atoms with Crippen molar-refractivity contribution >= 4 is 11.8 Å². The van der Waals surface area contributed by atoms with Gasteiger partial charge in [0.25, 0.3) is 0 Å². The molecule has 0 aromatic heterocycles. The van der Waals surface area contributed by atoms with Crippen LogP contribution in [0.15, 0.2) is 0 Å². The van der Waals surface area contributed by atoms with Gasteiger partial charge in [-0.2, -0.15) is 0 Å². The lowest BCUT2D eigenvalue weighted by Gasteiger charge is -2.15. The second-order valence-corrected chi connectivity index (χ2v) is 3.89. The fourth-order valence-electron chi connectivity index (χ4n) is 1.40. The van der Waals surface area contributed by atoms with E-state index in [1.807, 2.05) is 6.92 Å². The smallest absolute Gasteiger partial charge is 0.313 e. The second kappa shape index (κ2) is 8.45. The lowest BCUT2D eigenvalue weighted by molar-refractivity contribution is -0.151. The average molecular weight is 214 g/mol. The van der Waals surface area contributed by atoms with Crippen LogP contribution in [0, 0.1) is 0 Å². The van der Waals surface area contributed by atoms with Crippen molar-refractivity contribution in [1.82, 2.24) is 0 Å². The summed E-state index contributed by atoms with van der Waals surface area (Å²) < 4.78 is 5.20. The van der Waals surface area contributed by atoms with E-state index in [0.29, 0.717) is 0 Å². The number of ketones is 1. The molecule has 0 aromatic carbocycles. The van der Waals surface area contributed by atoms with E-state index in [2.05, 4.69) is 6.92 Å². The van der Waals surface area contributed by atoms with Crippen molar-refractivity contribution in [2.75, 3.05) is 0 Å². The van der Waals surface area contributed by atoms with Gasteiger partial charge in [0.1, 0.15) is 18.3 Å². The highest BCUT2D eigenvalue weighted by Gasteiger charge is 2.13. The molecule has 0 rings (SSSR count). The molecule has 15 heavy (non-hydrogen) atoms. The van der Waals surface area contributed by atoms with Crippen molar-refractivity contribution in [3.63, 3.8) is 0 Å². The first-order chi connectivity index (χ1) is 7.10. The van der Waals surface area contributed by atoms with Crippen molar-refractivity contribution in [3.8, 4) is 0 Å². The molecular formula is C12H22O3. The zero-order chi connectivity index (χ0) is 11.7. The second-order valence-electron chi connectivity index (χ2n) is 3.89. The summed E-state index contributed by atoms with van der Waals surface area (Å²) in [6, 6.07) is 0. The largest absolute Gasteiger partial charge is 0.462 e. The molecule has 0 radical (unpaired) electrons. The van der Waals surface area contributed by atoms with Gasteiger partial charge in [0.2, 0.25) is 0 Å². The summed E-state index contributed by atoms with van der Waals surface area (Å²) in [5.41, 5.74) is 0. The number of hydrogen-bond acceptors (Lipinski definition) is 3. The quantitative estimate of drug-likeness (QED) is 0.354. The summed E-state index contributed by atoms with van der Waals surface area (Å²) in [6.07, 6.45) is 5.05. The Morgan fingerprint density at radius 3 is 2.33 bits per heavy atom. The van der Waals surface area contributed by atoms with Crippen molar-refractivity contribution in [2.24, 2.45) is 0 Å². The van der Waals surface area contributed by atoms with Gasteiger partial charge in [-0.25, -0.2) is 0 Å². The highest BCUT2D eigenvalue weighted by Crippen LogP contribution is 2.10. The molecule has 0 aromatic rings. The summed E-state index contributed by atoms with van der Waals surface area (Å²) in [5.74, 6) is -0.519. The van der Waals surface area contributed by atoms with Crippen molar-refractivity contribution < 1.29 is 14.3 Å². The number of ether oxygens (including phenoxy) is 1. The minimum atomic E-state index is -0.383. The molecule has 0 aliphatic carbocycles. The molecule has 0 aliphatic rings. The molecule has 0 saturated heterocycles. The van der Waals surface area contributed by atoms with Gasteiger partial charge in [-0.3, -0.25) is 9.59 Å². The van der Waals surface area contributed by atoms with Crippen molar-refractivity contribution in [1.29, 1.82) is 0 Å². The zero-order valence-corrected chi connectivity index (χ0v) is 10.0.